The number of hydrogen-bond acceptors (Lipinski definition) is 5. The van der Waals surface area contributed by atoms with E-state index in [9.17, 15) is 9.59 Å². The third kappa shape index (κ3) is 7.95. The highest BCUT2D eigenvalue weighted by Crippen LogP contribution is 2.11. The van der Waals surface area contributed by atoms with E-state index >= 15 is 0 Å². The van der Waals surface area contributed by atoms with Crippen LogP contribution >= 0.6 is 0 Å². The van der Waals surface area contributed by atoms with Crippen LogP contribution in [0.1, 0.15) is 24.8 Å². The largest absolute Gasteiger partial charge is 0.379 e. The van der Waals surface area contributed by atoms with Gasteiger partial charge in [-0.25, -0.2) is 0 Å². The van der Waals surface area contributed by atoms with E-state index < -0.39 is 0 Å². The quantitative estimate of drug-likeness (QED) is 0.540. The second-order valence-corrected chi connectivity index (χ2v) is 6.44. The van der Waals surface area contributed by atoms with E-state index in [0.717, 1.165) is 57.1 Å². The molecule has 2 rings (SSSR count). The fourth-order valence-corrected chi connectivity index (χ4v) is 2.78. The second-order valence-electron chi connectivity index (χ2n) is 6.44. The molecule has 1 saturated heterocycles. The van der Waals surface area contributed by atoms with Gasteiger partial charge in [0.1, 0.15) is 0 Å². The van der Waals surface area contributed by atoms with Crippen LogP contribution in [0.25, 0.3) is 0 Å². The summed E-state index contributed by atoms with van der Waals surface area (Å²) in [5.74, 6) is 0.0462. The molecule has 7 heteroatoms. The van der Waals surface area contributed by atoms with Crippen LogP contribution in [-0.2, 0) is 20.9 Å². The minimum atomic E-state index is 0.00439. The van der Waals surface area contributed by atoms with Gasteiger partial charge in [-0.3, -0.25) is 14.5 Å². The summed E-state index contributed by atoms with van der Waals surface area (Å²) >= 11 is 0. The number of rotatable bonds is 10. The van der Waals surface area contributed by atoms with Crippen LogP contribution in [0, 0.1) is 0 Å². The van der Waals surface area contributed by atoms with Crippen molar-refractivity contribution in [3.05, 3.63) is 29.8 Å². The first-order valence-electron chi connectivity index (χ1n) is 9.27. The van der Waals surface area contributed by atoms with E-state index in [1.165, 1.54) is 0 Å². The van der Waals surface area contributed by atoms with Crippen molar-refractivity contribution in [2.24, 2.45) is 0 Å². The summed E-state index contributed by atoms with van der Waals surface area (Å²) in [4.78, 5) is 26.1. The maximum Gasteiger partial charge on any atom is 0.225 e. The Kier molecular flexibility index (Phi) is 9.09. The second kappa shape index (κ2) is 11.6. The molecule has 0 saturated carbocycles. The Morgan fingerprint density at radius 1 is 1.15 bits per heavy atom. The van der Waals surface area contributed by atoms with Crippen molar-refractivity contribution in [2.45, 2.75) is 25.8 Å². The standard InChI is InChI=1S/C19H30N4O3/c1-20-8-3-6-18(24)21-15-16-4-2-5-17(14-16)22-19(25)7-9-23-10-12-26-13-11-23/h2,4-5,14,20H,3,6-13,15H2,1H3,(H,21,24)(H,22,25). The molecular weight excluding hydrogens is 332 g/mol. The van der Waals surface area contributed by atoms with Crippen LogP contribution in [0.2, 0.25) is 0 Å². The number of ether oxygens (including phenoxy) is 1. The average molecular weight is 362 g/mol. The SMILES string of the molecule is CNCCCC(=O)NCc1cccc(NC(=O)CCN2CCOCC2)c1. The minimum Gasteiger partial charge on any atom is -0.379 e. The summed E-state index contributed by atoms with van der Waals surface area (Å²) in [7, 11) is 1.87. The lowest BCUT2D eigenvalue weighted by Gasteiger charge is -2.26. The van der Waals surface area contributed by atoms with Crippen molar-refractivity contribution < 1.29 is 14.3 Å². The predicted molar refractivity (Wildman–Crippen MR) is 102 cm³/mol. The summed E-state index contributed by atoms with van der Waals surface area (Å²) < 4.78 is 5.31. The summed E-state index contributed by atoms with van der Waals surface area (Å²) in [5.41, 5.74) is 1.73. The molecule has 0 aliphatic carbocycles. The molecule has 3 N–H and O–H groups in total. The van der Waals surface area contributed by atoms with Gasteiger partial charge in [-0.05, 0) is 37.7 Å². The number of morpholine rings is 1. The van der Waals surface area contributed by atoms with Gasteiger partial charge in [0.15, 0.2) is 0 Å². The molecule has 144 valence electrons. The molecule has 1 aromatic rings. The number of amides is 2. The van der Waals surface area contributed by atoms with Crippen LogP contribution in [0.5, 0.6) is 0 Å². The molecule has 0 atom stereocenters. The number of nitrogens with one attached hydrogen (secondary N) is 3. The highest BCUT2D eigenvalue weighted by molar-refractivity contribution is 5.90. The molecule has 2 amide bonds. The number of benzene rings is 1. The lowest BCUT2D eigenvalue weighted by atomic mass is 10.2. The van der Waals surface area contributed by atoms with Crippen LogP contribution in [-0.4, -0.2) is 63.2 Å². The Hall–Kier alpha value is -1.96. The van der Waals surface area contributed by atoms with Crippen LogP contribution in [0.4, 0.5) is 5.69 Å². The fourth-order valence-electron chi connectivity index (χ4n) is 2.78. The van der Waals surface area contributed by atoms with Crippen molar-refractivity contribution in [1.29, 1.82) is 0 Å². The number of anilines is 1. The first-order chi connectivity index (χ1) is 12.7. The number of hydrogen-bond donors (Lipinski definition) is 3. The molecular formula is C19H30N4O3. The number of carbonyl (C=O) groups is 2. The molecule has 1 aliphatic heterocycles. The van der Waals surface area contributed by atoms with Gasteiger partial charge in [-0.1, -0.05) is 12.1 Å². The smallest absolute Gasteiger partial charge is 0.225 e. The van der Waals surface area contributed by atoms with Gasteiger partial charge in [0.05, 0.1) is 13.2 Å². The monoisotopic (exact) mass is 362 g/mol. The fraction of sp³-hybridized carbons (Fsp3) is 0.579. The molecule has 26 heavy (non-hydrogen) atoms. The lowest BCUT2D eigenvalue weighted by molar-refractivity contribution is -0.121. The summed E-state index contributed by atoms with van der Waals surface area (Å²) in [5, 5.41) is 8.87. The molecule has 0 spiro atoms. The van der Waals surface area contributed by atoms with Gasteiger partial charge >= 0.3 is 0 Å². The van der Waals surface area contributed by atoms with Crippen molar-refractivity contribution in [3.8, 4) is 0 Å². The Morgan fingerprint density at radius 3 is 2.73 bits per heavy atom. The lowest BCUT2D eigenvalue weighted by Crippen LogP contribution is -2.38. The molecule has 7 nitrogen and oxygen atoms in total. The summed E-state index contributed by atoms with van der Waals surface area (Å²) in [6.07, 6.45) is 1.80. The first kappa shape index (κ1) is 20.4. The van der Waals surface area contributed by atoms with Crippen LogP contribution in [0.15, 0.2) is 24.3 Å². The predicted octanol–water partition coefficient (Wildman–Crippen LogP) is 0.963. The van der Waals surface area contributed by atoms with Crippen molar-refractivity contribution in [2.75, 3.05) is 51.8 Å². The van der Waals surface area contributed by atoms with Crippen LogP contribution in [0.3, 0.4) is 0 Å². The maximum absolute atomic E-state index is 12.1. The van der Waals surface area contributed by atoms with Crippen molar-refractivity contribution in [3.63, 3.8) is 0 Å². The topological polar surface area (TPSA) is 82.7 Å². The van der Waals surface area contributed by atoms with Gasteiger partial charge in [0, 0.05) is 44.7 Å². The molecule has 1 aliphatic rings. The van der Waals surface area contributed by atoms with Crippen molar-refractivity contribution >= 4 is 17.5 Å². The zero-order valence-corrected chi connectivity index (χ0v) is 15.6. The Labute approximate surface area is 155 Å². The van der Waals surface area contributed by atoms with E-state index in [-0.39, 0.29) is 11.8 Å². The van der Waals surface area contributed by atoms with E-state index in [2.05, 4.69) is 20.9 Å². The Bertz CT molecular complexity index is 574. The molecule has 1 aromatic carbocycles. The minimum absolute atomic E-state index is 0.00439. The molecule has 0 bridgehead atoms. The Balaban J connectivity index is 1.71. The van der Waals surface area contributed by atoms with Gasteiger partial charge < -0.3 is 20.7 Å². The Morgan fingerprint density at radius 2 is 1.96 bits per heavy atom. The van der Waals surface area contributed by atoms with Gasteiger partial charge in [-0.2, -0.15) is 0 Å². The zero-order chi connectivity index (χ0) is 18.6. The maximum atomic E-state index is 12.1. The number of carbonyl (C=O) groups excluding carboxylic acids is 2. The van der Waals surface area contributed by atoms with Gasteiger partial charge in [0.2, 0.25) is 11.8 Å². The molecule has 0 unspecified atom stereocenters. The third-order valence-corrected chi connectivity index (χ3v) is 4.29. The van der Waals surface area contributed by atoms with E-state index in [0.29, 0.717) is 19.4 Å². The molecule has 0 aromatic heterocycles. The third-order valence-electron chi connectivity index (χ3n) is 4.29. The van der Waals surface area contributed by atoms with Gasteiger partial charge in [-0.15, -0.1) is 0 Å². The highest BCUT2D eigenvalue weighted by atomic mass is 16.5. The first-order valence-corrected chi connectivity index (χ1v) is 9.27. The zero-order valence-electron chi connectivity index (χ0n) is 15.6. The normalized spacial score (nSPS) is 14.8. The molecule has 1 fully saturated rings. The van der Waals surface area contributed by atoms with Gasteiger partial charge in [0.25, 0.3) is 0 Å². The molecule has 0 radical (unpaired) electrons. The van der Waals surface area contributed by atoms with E-state index in [4.69, 9.17) is 4.74 Å². The van der Waals surface area contributed by atoms with E-state index in [1.54, 1.807) is 0 Å². The van der Waals surface area contributed by atoms with E-state index in [1.807, 2.05) is 31.3 Å². The molecule has 1 heterocycles. The summed E-state index contributed by atoms with van der Waals surface area (Å²) in [6, 6.07) is 7.60. The summed E-state index contributed by atoms with van der Waals surface area (Å²) in [6.45, 7) is 5.30. The van der Waals surface area contributed by atoms with Crippen molar-refractivity contribution in [1.82, 2.24) is 15.5 Å². The highest BCUT2D eigenvalue weighted by Gasteiger charge is 2.12. The van der Waals surface area contributed by atoms with Crippen LogP contribution < -0.4 is 16.0 Å². The number of nitrogens with zero attached hydrogens (tertiary/aromatic N) is 1. The average Bonchev–Trinajstić information content (AvgIpc) is 2.66.